The molecule has 0 fully saturated rings. The van der Waals surface area contributed by atoms with Crippen LogP contribution in [0.4, 0.5) is 0 Å². The van der Waals surface area contributed by atoms with Crippen LogP contribution >= 0.6 is 0 Å². The second kappa shape index (κ2) is 69.1. The summed E-state index contributed by atoms with van der Waals surface area (Å²) in [6.45, 7) is 6.54. The van der Waals surface area contributed by atoms with Crippen molar-refractivity contribution in [1.82, 2.24) is 0 Å². The quantitative estimate of drug-likeness (QED) is 0.0261. The highest BCUT2D eigenvalue weighted by molar-refractivity contribution is 5.71. The number of carbonyl (C=O) groups excluding carboxylic acids is 3. The summed E-state index contributed by atoms with van der Waals surface area (Å²) in [4.78, 5) is 38.3. The monoisotopic (exact) mass is 1130 g/mol. The van der Waals surface area contributed by atoms with E-state index in [1.54, 1.807) is 0 Å². The average molecular weight is 1130 g/mol. The smallest absolute Gasteiger partial charge is 0.306 e. The lowest BCUT2D eigenvalue weighted by molar-refractivity contribution is -0.167. The largest absolute Gasteiger partial charge is 0.462 e. The van der Waals surface area contributed by atoms with Gasteiger partial charge in [0.05, 0.1) is 0 Å². The van der Waals surface area contributed by atoms with Crippen molar-refractivity contribution in [2.75, 3.05) is 13.2 Å². The van der Waals surface area contributed by atoms with Gasteiger partial charge >= 0.3 is 17.9 Å². The molecule has 0 aliphatic rings. The van der Waals surface area contributed by atoms with E-state index in [4.69, 9.17) is 14.2 Å². The number of esters is 3. The van der Waals surface area contributed by atoms with Crippen LogP contribution in [0, 0.1) is 0 Å². The molecule has 1 unspecified atom stereocenters. The standard InChI is InChI=1S/C75H132O6/c1-4-7-10-13-16-19-22-25-27-29-30-31-32-33-34-35-36-37-38-39-40-41-42-43-44-45-46-47-49-50-53-56-59-62-65-68-74(77)80-71-72(70-79-73(76)67-64-61-58-55-52-24-21-18-15-12-9-6-3)81-75(78)69-66-63-60-57-54-51-48-28-26-23-20-17-14-11-8-5-2/h7,10,16,18-19,21,25,27,30-31,33-34,36-37,72H,4-6,8-9,11-15,17,20,22-24,26,28-29,32,35,38-71H2,1-3H3/b10-7-,19-16-,21-18-,27-25-,31-30-,34-33-,37-36-. The molecule has 0 rings (SSSR count). The third-order valence-electron chi connectivity index (χ3n) is 15.4. The van der Waals surface area contributed by atoms with Crippen molar-refractivity contribution in [2.24, 2.45) is 0 Å². The number of unbranched alkanes of at least 4 members (excludes halogenated alkanes) is 39. The van der Waals surface area contributed by atoms with Crippen LogP contribution in [-0.2, 0) is 28.6 Å². The van der Waals surface area contributed by atoms with Crippen LogP contribution < -0.4 is 0 Å². The number of ether oxygens (including phenoxy) is 3. The Bertz CT molecular complexity index is 1530. The second-order valence-electron chi connectivity index (χ2n) is 23.4. The van der Waals surface area contributed by atoms with Gasteiger partial charge < -0.3 is 14.2 Å². The molecule has 0 amide bonds. The van der Waals surface area contributed by atoms with Crippen molar-refractivity contribution >= 4 is 17.9 Å². The SMILES string of the molecule is CC/C=C\C/C=C\C/C=C\C/C=C\C/C=C\C/C=C\CCCCCCCCCCCCCCCCCCC(=O)OCC(COC(=O)CCCCCCC/C=C\CCCCC)OC(=O)CCCCCCCCCCCCCCCCCC. The van der Waals surface area contributed by atoms with Gasteiger partial charge in [-0.3, -0.25) is 14.4 Å². The Labute approximate surface area is 503 Å². The molecule has 6 heteroatoms. The molecule has 81 heavy (non-hydrogen) atoms. The molecule has 0 aromatic heterocycles. The highest BCUT2D eigenvalue weighted by Gasteiger charge is 2.19. The summed E-state index contributed by atoms with van der Waals surface area (Å²) >= 11 is 0. The van der Waals surface area contributed by atoms with Gasteiger partial charge in [0, 0.05) is 19.3 Å². The maximum absolute atomic E-state index is 12.9. The van der Waals surface area contributed by atoms with Gasteiger partial charge in [0.15, 0.2) is 6.10 Å². The van der Waals surface area contributed by atoms with E-state index in [1.807, 2.05) is 0 Å². The number of hydrogen-bond donors (Lipinski definition) is 0. The van der Waals surface area contributed by atoms with Gasteiger partial charge in [0.25, 0.3) is 0 Å². The predicted molar refractivity (Wildman–Crippen MR) is 353 cm³/mol. The number of rotatable bonds is 64. The lowest BCUT2D eigenvalue weighted by Gasteiger charge is -2.18. The fraction of sp³-hybridized carbons (Fsp3) is 0.773. The Morgan fingerprint density at radius 2 is 0.481 bits per heavy atom. The van der Waals surface area contributed by atoms with Gasteiger partial charge in [-0.2, -0.15) is 0 Å². The highest BCUT2D eigenvalue weighted by Crippen LogP contribution is 2.18. The molecule has 0 aliphatic heterocycles. The van der Waals surface area contributed by atoms with E-state index in [0.29, 0.717) is 19.3 Å². The molecule has 6 nitrogen and oxygen atoms in total. The van der Waals surface area contributed by atoms with Crippen molar-refractivity contribution in [3.8, 4) is 0 Å². The Morgan fingerprint density at radius 3 is 0.790 bits per heavy atom. The lowest BCUT2D eigenvalue weighted by atomic mass is 10.0. The third kappa shape index (κ3) is 67.3. The van der Waals surface area contributed by atoms with Gasteiger partial charge in [0.1, 0.15) is 13.2 Å². The Balaban J connectivity index is 4.11. The van der Waals surface area contributed by atoms with Crippen LogP contribution in [0.2, 0.25) is 0 Å². The number of hydrogen-bond acceptors (Lipinski definition) is 6. The molecule has 0 N–H and O–H groups in total. The van der Waals surface area contributed by atoms with Crippen molar-refractivity contribution < 1.29 is 28.6 Å². The summed E-state index contributed by atoms with van der Waals surface area (Å²) in [5.74, 6) is -0.863. The van der Waals surface area contributed by atoms with Gasteiger partial charge in [-0.15, -0.1) is 0 Å². The maximum atomic E-state index is 12.9. The summed E-state index contributed by atoms with van der Waals surface area (Å²) in [5.41, 5.74) is 0. The normalized spacial score (nSPS) is 12.6. The molecular weight excluding hydrogens is 997 g/mol. The zero-order chi connectivity index (χ0) is 58.5. The zero-order valence-corrected chi connectivity index (χ0v) is 53.8. The summed E-state index contributed by atoms with van der Waals surface area (Å²) < 4.78 is 16.9. The van der Waals surface area contributed by atoms with Gasteiger partial charge in [-0.1, -0.05) is 324 Å². The van der Waals surface area contributed by atoms with Crippen molar-refractivity contribution in [3.05, 3.63) is 85.1 Å². The minimum atomic E-state index is -0.776. The van der Waals surface area contributed by atoms with E-state index in [2.05, 4.69) is 106 Å². The topological polar surface area (TPSA) is 78.9 Å². The molecule has 0 spiro atoms. The van der Waals surface area contributed by atoms with Gasteiger partial charge in [-0.25, -0.2) is 0 Å². The third-order valence-corrected chi connectivity index (χ3v) is 15.4. The Morgan fingerprint density at radius 1 is 0.259 bits per heavy atom. The van der Waals surface area contributed by atoms with Crippen molar-refractivity contribution in [3.63, 3.8) is 0 Å². The van der Waals surface area contributed by atoms with Crippen LogP contribution in [0.15, 0.2) is 85.1 Å². The van der Waals surface area contributed by atoms with Crippen LogP contribution in [0.25, 0.3) is 0 Å². The first-order valence-corrected chi connectivity index (χ1v) is 35.1. The van der Waals surface area contributed by atoms with Crippen molar-refractivity contribution in [1.29, 1.82) is 0 Å². The molecule has 0 aliphatic carbocycles. The van der Waals surface area contributed by atoms with E-state index in [-0.39, 0.29) is 31.1 Å². The van der Waals surface area contributed by atoms with Gasteiger partial charge in [-0.05, 0) is 96.3 Å². The molecule has 0 heterocycles. The molecular formula is C75H132O6. The van der Waals surface area contributed by atoms with Crippen molar-refractivity contribution in [2.45, 2.75) is 361 Å². The molecule has 0 saturated carbocycles. The first kappa shape index (κ1) is 77.6. The van der Waals surface area contributed by atoms with E-state index in [1.165, 1.54) is 212 Å². The molecule has 0 radical (unpaired) electrons. The van der Waals surface area contributed by atoms with Crippen LogP contribution in [0.3, 0.4) is 0 Å². The lowest BCUT2D eigenvalue weighted by Crippen LogP contribution is -2.30. The molecule has 0 aromatic carbocycles. The summed E-state index contributed by atoms with van der Waals surface area (Å²) in [5, 5.41) is 0. The van der Waals surface area contributed by atoms with E-state index in [0.717, 1.165) is 103 Å². The Hall–Kier alpha value is -3.41. The minimum absolute atomic E-state index is 0.0732. The zero-order valence-electron chi connectivity index (χ0n) is 53.8. The number of carbonyl (C=O) groups is 3. The molecule has 0 aromatic rings. The first-order valence-electron chi connectivity index (χ1n) is 35.1. The van der Waals surface area contributed by atoms with Crippen LogP contribution in [-0.4, -0.2) is 37.2 Å². The summed E-state index contributed by atoms with van der Waals surface area (Å²) in [6, 6.07) is 0. The van der Waals surface area contributed by atoms with E-state index >= 15 is 0 Å². The maximum Gasteiger partial charge on any atom is 0.306 e. The fourth-order valence-electron chi connectivity index (χ4n) is 10.2. The second-order valence-corrected chi connectivity index (χ2v) is 23.4. The molecule has 468 valence electrons. The fourth-order valence-corrected chi connectivity index (χ4v) is 10.2. The summed E-state index contributed by atoms with van der Waals surface area (Å²) in [7, 11) is 0. The average Bonchev–Trinajstić information content (AvgIpc) is 3.47. The van der Waals surface area contributed by atoms with E-state index in [9.17, 15) is 14.4 Å². The highest BCUT2D eigenvalue weighted by atomic mass is 16.6. The van der Waals surface area contributed by atoms with Gasteiger partial charge in [0.2, 0.25) is 0 Å². The minimum Gasteiger partial charge on any atom is -0.462 e. The molecule has 1 atom stereocenters. The van der Waals surface area contributed by atoms with Crippen LogP contribution in [0.1, 0.15) is 355 Å². The molecule has 0 bridgehead atoms. The van der Waals surface area contributed by atoms with Crippen LogP contribution in [0.5, 0.6) is 0 Å². The Kier molecular flexibility index (Phi) is 66.2. The number of allylic oxidation sites excluding steroid dienone is 14. The first-order chi connectivity index (χ1) is 40.0. The van der Waals surface area contributed by atoms with E-state index < -0.39 is 6.10 Å². The summed E-state index contributed by atoms with van der Waals surface area (Å²) in [6.07, 6.45) is 91.9. The predicted octanol–water partition coefficient (Wildman–Crippen LogP) is 24.2. The molecule has 0 saturated heterocycles.